The van der Waals surface area contributed by atoms with Crippen LogP contribution < -0.4 is 5.32 Å². The van der Waals surface area contributed by atoms with Crippen LogP contribution in [0.1, 0.15) is 27.0 Å². The number of nitrogens with zero attached hydrogens (tertiary/aromatic N) is 1. The van der Waals surface area contributed by atoms with Crippen molar-refractivity contribution >= 4 is 23.6 Å². The Morgan fingerprint density at radius 1 is 1.12 bits per heavy atom. The van der Waals surface area contributed by atoms with Gasteiger partial charge in [-0.25, -0.2) is 4.79 Å². The van der Waals surface area contributed by atoms with Crippen LogP contribution in [0.3, 0.4) is 0 Å². The van der Waals surface area contributed by atoms with E-state index in [1.165, 1.54) is 13.2 Å². The van der Waals surface area contributed by atoms with Gasteiger partial charge in [0.1, 0.15) is 11.6 Å². The maximum absolute atomic E-state index is 12.4. The molecule has 0 aromatic heterocycles. The highest BCUT2D eigenvalue weighted by atomic mass is 16.5. The van der Waals surface area contributed by atoms with Gasteiger partial charge in [0.15, 0.2) is 0 Å². The number of benzene rings is 2. The molecule has 0 aliphatic carbocycles. The van der Waals surface area contributed by atoms with E-state index >= 15 is 0 Å². The average molecular weight is 334 g/mol. The van der Waals surface area contributed by atoms with Gasteiger partial charge in [-0.1, -0.05) is 24.3 Å². The Kier molecular flexibility index (Phi) is 5.70. The number of nitriles is 1. The first-order chi connectivity index (χ1) is 11.9. The fourth-order valence-electron chi connectivity index (χ4n) is 2.21. The first-order valence-corrected chi connectivity index (χ1v) is 7.63. The fourth-order valence-corrected chi connectivity index (χ4v) is 2.21. The molecule has 5 nitrogen and oxygen atoms in total. The van der Waals surface area contributed by atoms with Crippen LogP contribution >= 0.6 is 0 Å². The van der Waals surface area contributed by atoms with Gasteiger partial charge in [-0.3, -0.25) is 4.79 Å². The van der Waals surface area contributed by atoms with E-state index in [2.05, 4.69) is 10.1 Å². The van der Waals surface area contributed by atoms with Crippen molar-refractivity contribution < 1.29 is 14.3 Å². The highest BCUT2D eigenvalue weighted by molar-refractivity contribution is 6.10. The molecular weight excluding hydrogens is 316 g/mol. The summed E-state index contributed by atoms with van der Waals surface area (Å²) in [6, 6.07) is 14.1. The molecule has 0 bridgehead atoms. The number of carbonyl (C=O) groups excluding carboxylic acids is 2. The highest BCUT2D eigenvalue weighted by Gasteiger charge is 2.11. The Morgan fingerprint density at radius 3 is 2.40 bits per heavy atom. The monoisotopic (exact) mass is 334 g/mol. The van der Waals surface area contributed by atoms with Gasteiger partial charge in [0.2, 0.25) is 0 Å². The van der Waals surface area contributed by atoms with Crippen LogP contribution in [0.2, 0.25) is 0 Å². The standard InChI is InChI=1S/C20H18N2O3/c1-13-4-5-14(2)18(10-13)22-19(23)17(12-21)11-15-6-8-16(9-7-15)20(24)25-3/h4-11H,1-3H3,(H,22,23). The topological polar surface area (TPSA) is 79.2 Å². The Bertz CT molecular complexity index is 875. The molecule has 0 fully saturated rings. The lowest BCUT2D eigenvalue weighted by molar-refractivity contribution is -0.112. The number of anilines is 1. The second kappa shape index (κ2) is 7.93. The first kappa shape index (κ1) is 18.0. The van der Waals surface area contributed by atoms with Gasteiger partial charge in [-0.2, -0.15) is 5.26 Å². The number of hydrogen-bond acceptors (Lipinski definition) is 4. The third kappa shape index (κ3) is 4.55. The summed E-state index contributed by atoms with van der Waals surface area (Å²) >= 11 is 0. The summed E-state index contributed by atoms with van der Waals surface area (Å²) in [5.74, 6) is -0.919. The number of amides is 1. The van der Waals surface area contributed by atoms with E-state index in [0.717, 1.165) is 11.1 Å². The number of esters is 1. The molecule has 0 unspecified atom stereocenters. The van der Waals surface area contributed by atoms with Gasteiger partial charge in [0.25, 0.3) is 5.91 Å². The molecule has 0 heterocycles. The van der Waals surface area contributed by atoms with Crippen LogP contribution in [0, 0.1) is 25.2 Å². The van der Waals surface area contributed by atoms with Crippen molar-refractivity contribution in [3.05, 3.63) is 70.3 Å². The van der Waals surface area contributed by atoms with Gasteiger partial charge in [-0.15, -0.1) is 0 Å². The number of carbonyl (C=O) groups is 2. The first-order valence-electron chi connectivity index (χ1n) is 7.63. The van der Waals surface area contributed by atoms with E-state index in [0.29, 0.717) is 16.8 Å². The highest BCUT2D eigenvalue weighted by Crippen LogP contribution is 2.18. The largest absolute Gasteiger partial charge is 0.465 e. The SMILES string of the molecule is COC(=O)c1ccc(C=C(C#N)C(=O)Nc2cc(C)ccc2C)cc1. The van der Waals surface area contributed by atoms with Crippen molar-refractivity contribution in [1.82, 2.24) is 0 Å². The normalized spacial score (nSPS) is 10.7. The van der Waals surface area contributed by atoms with E-state index in [1.807, 2.05) is 38.1 Å². The Labute approximate surface area is 146 Å². The minimum Gasteiger partial charge on any atom is -0.465 e. The molecule has 0 radical (unpaired) electrons. The number of aryl methyl sites for hydroxylation is 2. The predicted molar refractivity (Wildman–Crippen MR) is 95.9 cm³/mol. The van der Waals surface area contributed by atoms with Crippen molar-refractivity contribution in [2.45, 2.75) is 13.8 Å². The molecule has 0 atom stereocenters. The van der Waals surface area contributed by atoms with Crippen LogP contribution in [-0.4, -0.2) is 19.0 Å². The van der Waals surface area contributed by atoms with E-state index in [-0.39, 0.29) is 5.57 Å². The van der Waals surface area contributed by atoms with Gasteiger partial charge < -0.3 is 10.1 Å². The number of ether oxygens (including phenoxy) is 1. The summed E-state index contributed by atoms with van der Waals surface area (Å²) in [5, 5.41) is 12.0. The summed E-state index contributed by atoms with van der Waals surface area (Å²) < 4.78 is 4.63. The van der Waals surface area contributed by atoms with Crippen molar-refractivity contribution in [1.29, 1.82) is 5.26 Å². The van der Waals surface area contributed by atoms with Gasteiger partial charge in [0.05, 0.1) is 12.7 Å². The minimum atomic E-state index is -0.478. The number of methoxy groups -OCH3 is 1. The molecule has 0 saturated carbocycles. The molecule has 0 aliphatic heterocycles. The van der Waals surface area contributed by atoms with Crippen molar-refractivity contribution in [2.24, 2.45) is 0 Å². The average Bonchev–Trinajstić information content (AvgIpc) is 2.62. The third-order valence-corrected chi connectivity index (χ3v) is 3.65. The molecule has 0 saturated heterocycles. The summed E-state index contributed by atoms with van der Waals surface area (Å²) in [6.07, 6.45) is 1.47. The minimum absolute atomic E-state index is 0.0216. The predicted octanol–water partition coefficient (Wildman–Crippen LogP) is 3.64. The maximum Gasteiger partial charge on any atom is 0.337 e. The molecular formula is C20H18N2O3. The lowest BCUT2D eigenvalue weighted by atomic mass is 10.1. The lowest BCUT2D eigenvalue weighted by Gasteiger charge is -2.09. The van der Waals surface area contributed by atoms with E-state index in [4.69, 9.17) is 0 Å². The fraction of sp³-hybridized carbons (Fsp3) is 0.150. The Hall–Kier alpha value is -3.39. The van der Waals surface area contributed by atoms with Gasteiger partial charge >= 0.3 is 5.97 Å². The molecule has 0 spiro atoms. The van der Waals surface area contributed by atoms with E-state index in [1.54, 1.807) is 24.3 Å². The maximum atomic E-state index is 12.4. The van der Waals surface area contributed by atoms with Crippen LogP contribution in [0.5, 0.6) is 0 Å². The van der Waals surface area contributed by atoms with Gasteiger partial charge in [-0.05, 0) is 54.8 Å². The second-order valence-electron chi connectivity index (χ2n) is 5.56. The molecule has 25 heavy (non-hydrogen) atoms. The zero-order valence-corrected chi connectivity index (χ0v) is 14.3. The third-order valence-electron chi connectivity index (χ3n) is 3.65. The molecule has 1 amide bonds. The number of nitrogens with one attached hydrogen (secondary N) is 1. The zero-order chi connectivity index (χ0) is 18.4. The van der Waals surface area contributed by atoms with Crippen molar-refractivity contribution in [3.8, 4) is 6.07 Å². The molecule has 0 aliphatic rings. The molecule has 2 aromatic carbocycles. The number of hydrogen-bond donors (Lipinski definition) is 1. The number of rotatable bonds is 4. The second-order valence-corrected chi connectivity index (χ2v) is 5.56. The Morgan fingerprint density at radius 2 is 1.80 bits per heavy atom. The van der Waals surface area contributed by atoms with E-state index in [9.17, 15) is 14.9 Å². The molecule has 2 aromatic rings. The van der Waals surface area contributed by atoms with Crippen LogP contribution in [0.15, 0.2) is 48.0 Å². The smallest absolute Gasteiger partial charge is 0.337 e. The quantitative estimate of drug-likeness (QED) is 0.526. The van der Waals surface area contributed by atoms with Crippen molar-refractivity contribution in [2.75, 3.05) is 12.4 Å². The zero-order valence-electron chi connectivity index (χ0n) is 14.3. The van der Waals surface area contributed by atoms with Gasteiger partial charge in [0, 0.05) is 5.69 Å². The molecule has 126 valence electrons. The lowest BCUT2D eigenvalue weighted by Crippen LogP contribution is -2.14. The summed E-state index contributed by atoms with van der Waals surface area (Å²) in [7, 11) is 1.31. The van der Waals surface area contributed by atoms with Crippen LogP contribution in [0.25, 0.3) is 6.08 Å². The molecule has 1 N–H and O–H groups in total. The molecule has 2 rings (SSSR count). The summed E-state index contributed by atoms with van der Waals surface area (Å²) in [5.41, 5.74) is 3.62. The summed E-state index contributed by atoms with van der Waals surface area (Å²) in [6.45, 7) is 3.81. The van der Waals surface area contributed by atoms with Crippen LogP contribution in [-0.2, 0) is 9.53 Å². The Balaban J connectivity index is 2.22. The summed E-state index contributed by atoms with van der Waals surface area (Å²) in [4.78, 5) is 23.8. The van der Waals surface area contributed by atoms with E-state index < -0.39 is 11.9 Å². The molecule has 5 heteroatoms. The van der Waals surface area contributed by atoms with Crippen LogP contribution in [0.4, 0.5) is 5.69 Å². The van der Waals surface area contributed by atoms with Crippen molar-refractivity contribution in [3.63, 3.8) is 0 Å².